The Balaban J connectivity index is 1.12. The van der Waals surface area contributed by atoms with Crippen LogP contribution >= 0.6 is 0 Å². The quantitative estimate of drug-likeness (QED) is 0.161. The summed E-state index contributed by atoms with van der Waals surface area (Å²) in [5.74, 6) is 0. The van der Waals surface area contributed by atoms with Gasteiger partial charge in [0.2, 0.25) is 0 Å². The molecule has 0 saturated carbocycles. The molecule has 7 aromatic carbocycles. The van der Waals surface area contributed by atoms with E-state index in [1.165, 1.54) is 129 Å². The van der Waals surface area contributed by atoms with Crippen LogP contribution in [0.3, 0.4) is 0 Å². The van der Waals surface area contributed by atoms with Crippen LogP contribution in [0.25, 0.3) is 32.9 Å². The summed E-state index contributed by atoms with van der Waals surface area (Å²) in [6.07, 6.45) is 6.97. The first kappa shape index (κ1) is 46.5. The van der Waals surface area contributed by atoms with E-state index in [0.29, 0.717) is 0 Å². The molecule has 0 amide bonds. The van der Waals surface area contributed by atoms with E-state index in [2.05, 4.69) is 223 Å². The van der Waals surface area contributed by atoms with Crippen LogP contribution in [-0.4, -0.2) is 6.71 Å². The molecule has 1 aromatic heterocycles. The minimum atomic E-state index is -0.260. The molecule has 8 aromatic rings. The fraction of sp³-hybridized carbons (Fsp3) is 0.400. The van der Waals surface area contributed by atoms with Crippen molar-refractivity contribution in [2.24, 2.45) is 0 Å². The van der Waals surface area contributed by atoms with Crippen molar-refractivity contribution < 1.29 is 4.42 Å². The number of furan rings is 1. The number of fused-ring (bicyclic) bond motifs is 13. The maximum atomic E-state index is 7.80. The average molecular weight is 971 g/mol. The number of aryl methyl sites for hydroxylation is 1. The summed E-state index contributed by atoms with van der Waals surface area (Å²) in [7, 11) is 0. The fourth-order valence-corrected chi connectivity index (χ4v) is 15.7. The second-order valence-corrected chi connectivity index (χ2v) is 28.6. The first-order valence-corrected chi connectivity index (χ1v) is 28.2. The smallest absolute Gasteiger partial charge is 0.297 e. The molecule has 0 unspecified atom stereocenters. The van der Waals surface area contributed by atoms with Gasteiger partial charge in [-0.3, -0.25) is 0 Å². The highest BCUT2D eigenvalue weighted by Gasteiger charge is 2.51. The van der Waals surface area contributed by atoms with Gasteiger partial charge in [0, 0.05) is 33.6 Å². The van der Waals surface area contributed by atoms with Gasteiger partial charge in [0.1, 0.15) is 5.58 Å². The number of hydrogen-bond acceptors (Lipinski definition) is 3. The Morgan fingerprint density at radius 2 is 0.973 bits per heavy atom. The molecule has 4 heteroatoms. The molecular formula is C70H75BN2O. The summed E-state index contributed by atoms with van der Waals surface area (Å²) < 4.78 is 7.80. The lowest BCUT2D eigenvalue weighted by atomic mass is 9.35. The van der Waals surface area contributed by atoms with Crippen molar-refractivity contribution in [3.05, 3.63) is 159 Å². The molecule has 0 bridgehead atoms. The van der Waals surface area contributed by atoms with Gasteiger partial charge in [-0.05, 0) is 221 Å². The van der Waals surface area contributed by atoms with Crippen molar-refractivity contribution in [1.29, 1.82) is 0 Å². The van der Waals surface area contributed by atoms with Gasteiger partial charge in [-0.15, -0.1) is 0 Å². The van der Waals surface area contributed by atoms with Gasteiger partial charge in [-0.2, -0.15) is 0 Å². The van der Waals surface area contributed by atoms with E-state index in [9.17, 15) is 0 Å². The number of nitrogens with zero attached hydrogens (tertiary/aromatic N) is 2. The number of anilines is 6. The summed E-state index contributed by atoms with van der Waals surface area (Å²) in [5, 5.41) is 3.82. The van der Waals surface area contributed by atoms with E-state index >= 15 is 0 Å². The maximum absolute atomic E-state index is 7.80. The van der Waals surface area contributed by atoms with E-state index in [1.807, 2.05) is 0 Å². The van der Waals surface area contributed by atoms with Gasteiger partial charge >= 0.3 is 0 Å². The van der Waals surface area contributed by atoms with Crippen molar-refractivity contribution in [2.45, 2.75) is 180 Å². The zero-order valence-electron chi connectivity index (χ0n) is 47.0. The van der Waals surface area contributed by atoms with Crippen LogP contribution < -0.4 is 26.4 Å². The predicted molar refractivity (Wildman–Crippen MR) is 316 cm³/mol. The summed E-state index contributed by atoms with van der Waals surface area (Å²) in [4.78, 5) is 5.40. The number of hydrogen-bond donors (Lipinski definition) is 0. The Morgan fingerprint density at radius 1 is 0.432 bits per heavy atom. The Labute approximate surface area is 441 Å². The van der Waals surface area contributed by atoms with E-state index < -0.39 is 0 Å². The summed E-state index contributed by atoms with van der Waals surface area (Å²) in [6, 6.07) is 44.0. The zero-order valence-corrected chi connectivity index (χ0v) is 47.0. The second kappa shape index (κ2) is 14.5. The minimum absolute atomic E-state index is 0.0120. The Hall–Kier alpha value is -6.00. The van der Waals surface area contributed by atoms with Crippen LogP contribution in [0.4, 0.5) is 34.1 Å². The van der Waals surface area contributed by atoms with Crippen LogP contribution in [0.1, 0.15) is 186 Å². The van der Waals surface area contributed by atoms with Crippen molar-refractivity contribution in [2.75, 3.05) is 9.80 Å². The lowest BCUT2D eigenvalue weighted by Crippen LogP contribution is -2.61. The van der Waals surface area contributed by atoms with Crippen LogP contribution in [-0.2, 0) is 37.9 Å². The molecule has 0 fully saturated rings. The molecule has 0 N–H and O–H groups in total. The molecule has 0 saturated heterocycles. The highest BCUT2D eigenvalue weighted by atomic mass is 16.3. The molecule has 2 aliphatic heterocycles. The summed E-state index contributed by atoms with van der Waals surface area (Å²) in [5.41, 5.74) is 27.8. The van der Waals surface area contributed by atoms with E-state index in [1.54, 1.807) is 0 Å². The van der Waals surface area contributed by atoms with Gasteiger partial charge in [0.05, 0.1) is 17.0 Å². The number of benzene rings is 7. The van der Waals surface area contributed by atoms with Crippen molar-refractivity contribution in [1.82, 2.24) is 0 Å². The average Bonchev–Trinajstić information content (AvgIpc) is 3.84. The lowest BCUT2D eigenvalue weighted by molar-refractivity contribution is 0.332. The molecule has 6 aliphatic rings. The van der Waals surface area contributed by atoms with Crippen molar-refractivity contribution in [3.8, 4) is 11.1 Å². The van der Waals surface area contributed by atoms with Gasteiger partial charge in [-0.25, -0.2) is 0 Å². The molecule has 0 radical (unpaired) electrons. The molecule has 4 aliphatic carbocycles. The van der Waals surface area contributed by atoms with Crippen molar-refractivity contribution in [3.63, 3.8) is 0 Å². The summed E-state index contributed by atoms with van der Waals surface area (Å²) >= 11 is 0. The Kier molecular flexibility index (Phi) is 9.10. The zero-order chi connectivity index (χ0) is 51.8. The molecule has 14 rings (SSSR count). The van der Waals surface area contributed by atoms with Gasteiger partial charge < -0.3 is 14.2 Å². The van der Waals surface area contributed by atoms with Gasteiger partial charge in [0.15, 0.2) is 0 Å². The monoisotopic (exact) mass is 971 g/mol. The molecule has 3 heterocycles. The summed E-state index contributed by atoms with van der Waals surface area (Å²) in [6.45, 7) is 36.8. The van der Waals surface area contributed by atoms with Gasteiger partial charge in [-0.1, -0.05) is 145 Å². The highest BCUT2D eigenvalue weighted by Crippen LogP contribution is 2.59. The van der Waals surface area contributed by atoms with Crippen LogP contribution in [0.15, 0.2) is 114 Å². The third-order valence-corrected chi connectivity index (χ3v) is 20.6. The SMILES string of the molecule is Cc1cc2c3c(c1)N(c1ccc4c(c1)C(C)(C)CCC4(C)C)c1c(oc4cc5c(cc14)C(C)(C)CCC5(C)C)B3c1cc3c(cc1N2c1cccc2c1C(C)(C)c1cc4ccccc4cc1-2)C(C)(C)CCC3(C)C. The van der Waals surface area contributed by atoms with Crippen LogP contribution in [0.2, 0.25) is 0 Å². The largest absolute Gasteiger partial charge is 0.468 e. The fourth-order valence-electron chi connectivity index (χ4n) is 15.7. The molecular weight excluding hydrogens is 896 g/mol. The molecule has 0 atom stereocenters. The van der Waals surface area contributed by atoms with Gasteiger partial charge in [0.25, 0.3) is 6.71 Å². The maximum Gasteiger partial charge on any atom is 0.297 e. The lowest BCUT2D eigenvalue weighted by Gasteiger charge is -2.47. The third-order valence-electron chi connectivity index (χ3n) is 20.6. The van der Waals surface area contributed by atoms with Crippen LogP contribution in [0, 0.1) is 6.92 Å². The van der Waals surface area contributed by atoms with E-state index in [4.69, 9.17) is 4.42 Å². The molecule has 3 nitrogen and oxygen atoms in total. The number of rotatable bonds is 2. The second-order valence-electron chi connectivity index (χ2n) is 28.6. The van der Waals surface area contributed by atoms with Crippen LogP contribution in [0.5, 0.6) is 0 Å². The Bertz CT molecular complexity index is 3810. The predicted octanol–water partition coefficient (Wildman–Crippen LogP) is 17.3. The standard InChI is InChI=1S/C70H75BN2O/c1-40-31-57-61-58(32-40)73(55-22-18-21-44-45-33-41-19-16-17-20-42(41)34-48(45)70(14,15)60(44)55)56-38-52-51(67(8,9)28-29-68(52,10)11)37-54(56)71(61)63-62(46-36-50-53(39-59(46)74-63)69(12,13)30-27-66(50,6)7)72(57)43-23-24-47-49(35-43)65(4,5)26-25-64(47,2)3/h16-24,31-39H,25-30H2,1-15H3. The van der Waals surface area contributed by atoms with Crippen molar-refractivity contribution >= 4 is 79.2 Å². The third kappa shape index (κ3) is 6.15. The first-order chi connectivity index (χ1) is 34.8. The molecule has 374 valence electrons. The highest BCUT2D eigenvalue weighted by molar-refractivity contribution is 7.00. The molecule has 74 heavy (non-hydrogen) atoms. The van der Waals surface area contributed by atoms with E-state index in [-0.39, 0.29) is 44.6 Å². The van der Waals surface area contributed by atoms with E-state index in [0.717, 1.165) is 43.3 Å². The normalized spacial score (nSPS) is 21.0. The molecule has 0 spiro atoms. The first-order valence-electron chi connectivity index (χ1n) is 28.2. The topological polar surface area (TPSA) is 19.6 Å². The minimum Gasteiger partial charge on any atom is -0.468 e. The Morgan fingerprint density at radius 3 is 1.61 bits per heavy atom.